The van der Waals surface area contributed by atoms with Crippen molar-refractivity contribution in [3.05, 3.63) is 12.2 Å². The number of nitrogens with two attached hydrogens (primary N) is 1. The first-order valence-corrected chi connectivity index (χ1v) is 12.7. The van der Waals surface area contributed by atoms with E-state index >= 15 is 0 Å². The summed E-state index contributed by atoms with van der Waals surface area (Å²) in [7, 11) is -4.94. The molecule has 0 saturated carbocycles. The summed E-state index contributed by atoms with van der Waals surface area (Å²) in [6, 6.07) is 0. The Hall–Kier alpha value is -0.410. The zero-order valence-electron chi connectivity index (χ0n) is 19.4. The summed E-state index contributed by atoms with van der Waals surface area (Å²) in [4.78, 5) is 22.4. The minimum Gasteiger partial charge on any atom is -0.550 e. The molecule has 0 heterocycles. The Morgan fingerprint density at radius 1 is 0.871 bits per heavy atom. The molecule has 0 aliphatic rings. The number of aliphatic carboxylic acids is 1. The third-order valence-corrected chi connectivity index (χ3v) is 7.00. The molecular formula is C22H40NNaO6S. The molecule has 176 valence electrons. The molecular weight excluding hydrogens is 429 g/mol. The van der Waals surface area contributed by atoms with Gasteiger partial charge in [-0.1, -0.05) is 83.3 Å². The van der Waals surface area contributed by atoms with Crippen molar-refractivity contribution in [1.82, 2.24) is 0 Å². The molecule has 0 aromatic carbocycles. The van der Waals surface area contributed by atoms with E-state index in [0.717, 1.165) is 38.5 Å². The van der Waals surface area contributed by atoms with E-state index < -0.39 is 33.2 Å². The number of carbonyl (C=O) groups is 2. The molecule has 31 heavy (non-hydrogen) atoms. The maximum absolute atomic E-state index is 11.6. The average molecular weight is 470 g/mol. The minimum absolute atomic E-state index is 0. The number of rotatable bonds is 20. The van der Waals surface area contributed by atoms with Crippen LogP contribution < -0.4 is 40.4 Å². The molecule has 9 heteroatoms. The van der Waals surface area contributed by atoms with Crippen molar-refractivity contribution in [2.45, 2.75) is 114 Å². The Morgan fingerprint density at radius 2 is 1.29 bits per heavy atom. The average Bonchev–Trinajstić information content (AvgIpc) is 2.65. The summed E-state index contributed by atoms with van der Waals surface area (Å²) in [6.45, 7) is 2.22. The topological polar surface area (TPSA) is 138 Å². The molecule has 0 bridgehead atoms. The first-order chi connectivity index (χ1) is 14.2. The third-order valence-electron chi connectivity index (χ3n) is 5.47. The number of hydrogen-bond acceptors (Lipinski definition) is 5. The zero-order chi connectivity index (χ0) is 22.9. The molecule has 1 amide bonds. The maximum atomic E-state index is 11.6. The van der Waals surface area contributed by atoms with Crippen molar-refractivity contribution >= 4 is 22.0 Å². The first-order valence-electron chi connectivity index (χ1n) is 11.3. The number of allylic oxidation sites excluding steroid dienone is 2. The molecule has 1 unspecified atom stereocenters. The van der Waals surface area contributed by atoms with E-state index in [1.54, 1.807) is 0 Å². The van der Waals surface area contributed by atoms with Gasteiger partial charge in [-0.2, -0.15) is 8.42 Å². The van der Waals surface area contributed by atoms with Crippen LogP contribution in [-0.2, 0) is 19.7 Å². The van der Waals surface area contributed by atoms with Gasteiger partial charge in [0.05, 0.1) is 0 Å². The van der Waals surface area contributed by atoms with Crippen molar-refractivity contribution in [3.8, 4) is 0 Å². The molecule has 0 aromatic rings. The number of primary amides is 1. The molecule has 1 atom stereocenters. The second kappa shape index (κ2) is 19.1. The normalized spacial score (nSPS) is 13.6. The summed E-state index contributed by atoms with van der Waals surface area (Å²) < 4.78 is 30.0. The summed E-state index contributed by atoms with van der Waals surface area (Å²) in [6.07, 6.45) is 18.0. The van der Waals surface area contributed by atoms with Gasteiger partial charge in [-0.25, -0.2) is 0 Å². The summed E-state index contributed by atoms with van der Waals surface area (Å²) in [5.41, 5.74) is 5.10. The van der Waals surface area contributed by atoms with Crippen LogP contribution in [0.25, 0.3) is 0 Å². The number of unbranched alkanes of at least 4 members (excludes halogenated alkanes) is 12. The third kappa shape index (κ3) is 15.1. The number of carbonyl (C=O) groups excluding carboxylic acids is 2. The van der Waals surface area contributed by atoms with Crippen LogP contribution in [0, 0.1) is 0 Å². The van der Waals surface area contributed by atoms with Crippen LogP contribution in [0.5, 0.6) is 0 Å². The van der Waals surface area contributed by atoms with E-state index in [9.17, 15) is 27.7 Å². The fourth-order valence-electron chi connectivity index (χ4n) is 3.54. The van der Waals surface area contributed by atoms with Gasteiger partial charge < -0.3 is 15.6 Å². The van der Waals surface area contributed by atoms with Gasteiger partial charge in [-0.3, -0.25) is 9.35 Å². The van der Waals surface area contributed by atoms with E-state index in [2.05, 4.69) is 19.1 Å². The number of hydrogen-bond donors (Lipinski definition) is 2. The largest absolute Gasteiger partial charge is 1.00 e. The van der Waals surface area contributed by atoms with Gasteiger partial charge in [0.1, 0.15) is 0 Å². The Morgan fingerprint density at radius 3 is 1.68 bits per heavy atom. The van der Waals surface area contributed by atoms with Crippen LogP contribution in [-0.4, -0.2) is 29.6 Å². The fourth-order valence-corrected chi connectivity index (χ4v) is 4.49. The van der Waals surface area contributed by atoms with Gasteiger partial charge in [-0.05, 0) is 32.1 Å². The van der Waals surface area contributed by atoms with E-state index in [-0.39, 0.29) is 42.4 Å². The predicted octanol–water partition coefficient (Wildman–Crippen LogP) is 0.670. The van der Waals surface area contributed by atoms with Crippen LogP contribution in [0.15, 0.2) is 12.2 Å². The molecule has 0 aromatic heterocycles. The number of amides is 1. The van der Waals surface area contributed by atoms with Gasteiger partial charge >= 0.3 is 29.6 Å². The van der Waals surface area contributed by atoms with Crippen molar-refractivity contribution in [2.24, 2.45) is 5.73 Å². The van der Waals surface area contributed by atoms with Crippen LogP contribution in [0.2, 0.25) is 0 Å². The van der Waals surface area contributed by atoms with Crippen LogP contribution in [0.3, 0.4) is 0 Å². The Kier molecular flexibility index (Phi) is 20.2. The second-order valence-corrected chi connectivity index (χ2v) is 9.80. The Bertz CT molecular complexity index is 623. The smallest absolute Gasteiger partial charge is 0.550 e. The van der Waals surface area contributed by atoms with Crippen LogP contribution in [0.4, 0.5) is 0 Å². The van der Waals surface area contributed by atoms with Crippen molar-refractivity contribution in [3.63, 3.8) is 0 Å². The van der Waals surface area contributed by atoms with Crippen molar-refractivity contribution in [2.75, 3.05) is 0 Å². The summed E-state index contributed by atoms with van der Waals surface area (Å²) >= 11 is 0. The SMILES string of the molecule is CCCCCCCC/C=C\CCCCCCCCC(CC(=O)[O-])(C(N)=O)S(=O)(=O)O.[Na+]. The second-order valence-electron chi connectivity index (χ2n) is 8.07. The summed E-state index contributed by atoms with van der Waals surface area (Å²) in [5, 5.41) is 10.8. The van der Waals surface area contributed by atoms with Gasteiger partial charge in [0.25, 0.3) is 10.1 Å². The van der Waals surface area contributed by atoms with Gasteiger partial charge in [0.15, 0.2) is 4.75 Å². The van der Waals surface area contributed by atoms with Crippen LogP contribution >= 0.6 is 0 Å². The minimum atomic E-state index is -4.94. The van der Waals surface area contributed by atoms with Gasteiger partial charge in [0.2, 0.25) is 5.91 Å². The van der Waals surface area contributed by atoms with Crippen molar-refractivity contribution in [1.29, 1.82) is 0 Å². The van der Waals surface area contributed by atoms with E-state index in [0.29, 0.717) is 6.42 Å². The van der Waals surface area contributed by atoms with Crippen molar-refractivity contribution < 1.29 is 57.2 Å². The predicted molar refractivity (Wildman–Crippen MR) is 117 cm³/mol. The number of carboxylic acid groups (broad SMARTS) is 1. The van der Waals surface area contributed by atoms with Crippen LogP contribution in [0.1, 0.15) is 110 Å². The van der Waals surface area contributed by atoms with Gasteiger partial charge in [-0.15, -0.1) is 0 Å². The van der Waals surface area contributed by atoms with Gasteiger partial charge in [0, 0.05) is 12.4 Å². The molecule has 0 fully saturated rings. The monoisotopic (exact) mass is 469 g/mol. The van der Waals surface area contributed by atoms with E-state index in [4.69, 9.17) is 5.73 Å². The quantitative estimate of drug-likeness (QED) is 0.116. The molecule has 3 N–H and O–H groups in total. The van der Waals surface area contributed by atoms with E-state index in [1.807, 2.05) is 0 Å². The maximum Gasteiger partial charge on any atom is 1.00 e. The molecule has 0 spiro atoms. The Labute approximate surface area is 210 Å². The zero-order valence-corrected chi connectivity index (χ0v) is 22.3. The molecule has 0 saturated heterocycles. The molecule has 0 aliphatic heterocycles. The van der Waals surface area contributed by atoms with E-state index in [1.165, 1.54) is 38.5 Å². The standard InChI is InChI=1S/C22H41NO6S.Na/c1-2-3-4-5-6-7-8-9-10-11-12-13-14-15-16-17-18-22(21(23)26,19-20(24)25)30(27,28)29;/h9-10H,2-8,11-19H2,1H3,(H2,23,26)(H,24,25)(H,27,28,29);/q;+1/p-1/b10-9-;. The summed E-state index contributed by atoms with van der Waals surface area (Å²) in [5.74, 6) is -3.10. The first kappa shape index (κ1) is 32.8. The molecule has 0 aliphatic carbocycles. The number of carboxylic acids is 1. The fraction of sp³-hybridized carbons (Fsp3) is 0.818. The molecule has 7 nitrogen and oxygen atoms in total. The molecule has 0 radical (unpaired) electrons. The molecule has 0 rings (SSSR count). The Balaban J connectivity index is 0.